The molecule has 1 aromatic rings. The summed E-state index contributed by atoms with van der Waals surface area (Å²) in [7, 11) is -3.91. The van der Waals surface area contributed by atoms with Crippen LogP contribution in [0.15, 0.2) is 29.2 Å². The summed E-state index contributed by atoms with van der Waals surface area (Å²) in [5.74, 6) is -0.735. The number of carbonyl (C=O) groups is 1. The zero-order chi connectivity index (χ0) is 15.4. The lowest BCUT2D eigenvalue weighted by Crippen LogP contribution is -2.35. The number of hydrogen-bond acceptors (Lipinski definition) is 4. The lowest BCUT2D eigenvalue weighted by atomic mass is 10.3. The standard InChI is InChI=1S/C10H12F3N3O3S/c11-10(12,13)6-15-5-9(17)16-7-2-1-3-8(4-7)20(14,18)19/h1-4,15H,5-6H2,(H,16,17)(H2,14,18,19). The van der Waals surface area contributed by atoms with Crippen molar-refractivity contribution in [3.8, 4) is 0 Å². The molecule has 1 amide bonds. The zero-order valence-corrected chi connectivity index (χ0v) is 10.9. The number of hydrogen-bond donors (Lipinski definition) is 3. The minimum absolute atomic E-state index is 0.121. The van der Waals surface area contributed by atoms with Crippen molar-refractivity contribution >= 4 is 21.6 Å². The second kappa shape index (κ2) is 6.20. The quantitative estimate of drug-likeness (QED) is 0.733. The third-order valence-corrected chi connectivity index (χ3v) is 2.97. The van der Waals surface area contributed by atoms with Crippen LogP contribution in [0, 0.1) is 0 Å². The molecule has 1 rings (SSSR count). The maximum atomic E-state index is 11.8. The molecule has 4 N–H and O–H groups in total. The van der Waals surface area contributed by atoms with Crippen molar-refractivity contribution in [1.29, 1.82) is 0 Å². The fourth-order valence-electron chi connectivity index (χ4n) is 1.27. The number of carbonyl (C=O) groups excluding carboxylic acids is 1. The van der Waals surface area contributed by atoms with E-state index in [-0.39, 0.29) is 10.6 Å². The maximum Gasteiger partial charge on any atom is 0.401 e. The van der Waals surface area contributed by atoms with Crippen LogP contribution < -0.4 is 15.8 Å². The van der Waals surface area contributed by atoms with Gasteiger partial charge in [-0.2, -0.15) is 13.2 Å². The predicted molar refractivity (Wildman–Crippen MR) is 65.4 cm³/mol. The van der Waals surface area contributed by atoms with Gasteiger partial charge in [-0.3, -0.25) is 4.79 Å². The van der Waals surface area contributed by atoms with Gasteiger partial charge in [0, 0.05) is 5.69 Å². The molecule has 20 heavy (non-hydrogen) atoms. The Bertz CT molecular complexity index is 587. The molecule has 0 unspecified atom stereocenters. The molecule has 6 nitrogen and oxygen atoms in total. The molecule has 0 saturated carbocycles. The molecule has 0 aromatic heterocycles. The van der Waals surface area contributed by atoms with E-state index in [2.05, 4.69) is 5.32 Å². The van der Waals surface area contributed by atoms with E-state index in [4.69, 9.17) is 5.14 Å². The molecule has 0 aliphatic heterocycles. The maximum absolute atomic E-state index is 11.8. The molecule has 10 heteroatoms. The van der Waals surface area contributed by atoms with Crippen LogP contribution in [0.5, 0.6) is 0 Å². The Morgan fingerprint density at radius 1 is 1.30 bits per heavy atom. The van der Waals surface area contributed by atoms with Gasteiger partial charge >= 0.3 is 6.18 Å². The lowest BCUT2D eigenvalue weighted by Gasteiger charge is -2.09. The number of rotatable bonds is 5. The molecule has 0 radical (unpaired) electrons. The minimum Gasteiger partial charge on any atom is -0.325 e. The number of anilines is 1. The van der Waals surface area contributed by atoms with E-state index in [9.17, 15) is 26.4 Å². The molecule has 0 saturated heterocycles. The van der Waals surface area contributed by atoms with Crippen LogP contribution in [0.2, 0.25) is 0 Å². The number of nitrogens with two attached hydrogens (primary N) is 1. The zero-order valence-electron chi connectivity index (χ0n) is 10.1. The van der Waals surface area contributed by atoms with Crippen LogP contribution >= 0.6 is 0 Å². The third-order valence-electron chi connectivity index (χ3n) is 2.06. The van der Waals surface area contributed by atoms with Gasteiger partial charge < -0.3 is 10.6 Å². The van der Waals surface area contributed by atoms with E-state index in [1.54, 1.807) is 0 Å². The van der Waals surface area contributed by atoms with Crippen molar-refractivity contribution in [2.24, 2.45) is 5.14 Å². The lowest BCUT2D eigenvalue weighted by molar-refractivity contribution is -0.126. The van der Waals surface area contributed by atoms with E-state index in [1.165, 1.54) is 18.2 Å². The van der Waals surface area contributed by atoms with E-state index in [1.807, 2.05) is 5.32 Å². The fraction of sp³-hybridized carbons (Fsp3) is 0.300. The second-order valence-electron chi connectivity index (χ2n) is 3.84. The molecular weight excluding hydrogens is 299 g/mol. The Hall–Kier alpha value is -1.65. The van der Waals surface area contributed by atoms with Gasteiger partial charge in [0.2, 0.25) is 15.9 Å². The van der Waals surface area contributed by atoms with Gasteiger partial charge in [0.15, 0.2) is 0 Å². The molecule has 1 aromatic carbocycles. The molecule has 0 heterocycles. The average molecular weight is 311 g/mol. The van der Waals surface area contributed by atoms with Crippen molar-refractivity contribution in [2.45, 2.75) is 11.1 Å². The summed E-state index contributed by atoms with van der Waals surface area (Å²) in [5, 5.41) is 9.07. The highest BCUT2D eigenvalue weighted by molar-refractivity contribution is 7.89. The first-order valence-electron chi connectivity index (χ1n) is 5.28. The Morgan fingerprint density at radius 3 is 2.50 bits per heavy atom. The topological polar surface area (TPSA) is 101 Å². The van der Waals surface area contributed by atoms with E-state index < -0.39 is 35.2 Å². The predicted octanol–water partition coefficient (Wildman–Crippen LogP) is 0.424. The van der Waals surface area contributed by atoms with Crippen LogP contribution in [-0.2, 0) is 14.8 Å². The summed E-state index contributed by atoms with van der Waals surface area (Å²) in [5.41, 5.74) is 0.121. The second-order valence-corrected chi connectivity index (χ2v) is 5.40. The van der Waals surface area contributed by atoms with Gasteiger partial charge in [-0.1, -0.05) is 6.07 Å². The molecule has 112 valence electrons. The molecule has 0 aliphatic rings. The highest BCUT2D eigenvalue weighted by atomic mass is 32.2. The smallest absolute Gasteiger partial charge is 0.325 e. The Morgan fingerprint density at radius 2 is 1.95 bits per heavy atom. The van der Waals surface area contributed by atoms with Gasteiger partial charge in [0.25, 0.3) is 0 Å². The van der Waals surface area contributed by atoms with Crippen molar-refractivity contribution in [3.63, 3.8) is 0 Å². The van der Waals surface area contributed by atoms with Gasteiger partial charge in [0.1, 0.15) is 0 Å². The summed E-state index contributed by atoms with van der Waals surface area (Å²) in [6.45, 7) is -1.85. The third kappa shape index (κ3) is 5.99. The first-order chi connectivity index (χ1) is 9.08. The number of benzene rings is 1. The van der Waals surface area contributed by atoms with Gasteiger partial charge in [-0.25, -0.2) is 13.6 Å². The summed E-state index contributed by atoms with van der Waals surface area (Å²) in [4.78, 5) is 11.1. The van der Waals surface area contributed by atoms with Crippen LogP contribution in [0.3, 0.4) is 0 Å². The number of halogens is 3. The van der Waals surface area contributed by atoms with Crippen molar-refractivity contribution < 1.29 is 26.4 Å². The first kappa shape index (κ1) is 16.4. The SMILES string of the molecule is NS(=O)(=O)c1cccc(NC(=O)CNCC(F)(F)F)c1. The molecule has 0 aliphatic carbocycles. The van der Waals surface area contributed by atoms with E-state index >= 15 is 0 Å². The van der Waals surface area contributed by atoms with Crippen LogP contribution in [0.25, 0.3) is 0 Å². The number of alkyl halides is 3. The molecule has 0 bridgehead atoms. The summed E-state index contributed by atoms with van der Waals surface area (Å²) in [6.07, 6.45) is -4.41. The minimum atomic E-state index is -4.41. The largest absolute Gasteiger partial charge is 0.401 e. The normalized spacial score (nSPS) is 12.2. The van der Waals surface area contributed by atoms with Crippen LogP contribution in [-0.4, -0.2) is 33.6 Å². The molecule has 0 spiro atoms. The summed E-state index contributed by atoms with van der Waals surface area (Å²) in [6, 6.07) is 5.07. The fourth-order valence-corrected chi connectivity index (χ4v) is 1.83. The molecule has 0 atom stereocenters. The van der Waals surface area contributed by atoms with E-state index in [0.717, 1.165) is 6.07 Å². The van der Waals surface area contributed by atoms with Gasteiger partial charge in [-0.05, 0) is 18.2 Å². The van der Waals surface area contributed by atoms with Gasteiger partial charge in [-0.15, -0.1) is 0 Å². The Balaban J connectivity index is 2.59. The molecular formula is C10H12F3N3O3S. The first-order valence-corrected chi connectivity index (χ1v) is 6.83. The number of primary sulfonamides is 1. The van der Waals surface area contributed by atoms with Crippen LogP contribution in [0.1, 0.15) is 0 Å². The summed E-state index contributed by atoms with van der Waals surface area (Å²) >= 11 is 0. The Kier molecular flexibility index (Phi) is 5.09. The highest BCUT2D eigenvalue weighted by Crippen LogP contribution is 2.14. The number of sulfonamides is 1. The molecule has 0 fully saturated rings. The van der Waals surface area contributed by atoms with Crippen molar-refractivity contribution in [1.82, 2.24) is 5.32 Å². The monoisotopic (exact) mass is 311 g/mol. The van der Waals surface area contributed by atoms with E-state index in [0.29, 0.717) is 0 Å². The van der Waals surface area contributed by atoms with Gasteiger partial charge in [0.05, 0.1) is 18.0 Å². The number of amides is 1. The van der Waals surface area contributed by atoms with Crippen molar-refractivity contribution in [3.05, 3.63) is 24.3 Å². The number of nitrogens with one attached hydrogen (secondary N) is 2. The average Bonchev–Trinajstić information content (AvgIpc) is 2.26. The van der Waals surface area contributed by atoms with Crippen LogP contribution in [0.4, 0.5) is 18.9 Å². The highest BCUT2D eigenvalue weighted by Gasteiger charge is 2.26. The van der Waals surface area contributed by atoms with Crippen molar-refractivity contribution in [2.75, 3.05) is 18.4 Å². The summed E-state index contributed by atoms with van der Waals surface area (Å²) < 4.78 is 57.7. The Labute approximate surface area is 113 Å².